The van der Waals surface area contributed by atoms with Gasteiger partial charge in [0.05, 0.1) is 5.25 Å². The molecule has 3 aromatic rings. The molecule has 6 heteroatoms. The first-order chi connectivity index (χ1) is 16.0. The number of hydrogen-bond acceptors (Lipinski definition) is 4. The van der Waals surface area contributed by atoms with Crippen LogP contribution in [0.25, 0.3) is 0 Å². The monoisotopic (exact) mass is 453 g/mol. The van der Waals surface area contributed by atoms with Crippen molar-refractivity contribution in [1.82, 2.24) is 0 Å². The second kappa shape index (κ2) is 9.76. The number of amides is 2. The van der Waals surface area contributed by atoms with E-state index in [4.69, 9.17) is 0 Å². The van der Waals surface area contributed by atoms with E-state index in [-0.39, 0.29) is 11.5 Å². The number of carbonyl (C=O) groups is 2. The summed E-state index contributed by atoms with van der Waals surface area (Å²) in [7, 11) is 0. The molecule has 1 heterocycles. The van der Waals surface area contributed by atoms with Crippen molar-refractivity contribution in [1.29, 1.82) is 5.26 Å². The van der Waals surface area contributed by atoms with Crippen LogP contribution in [0.5, 0.6) is 0 Å². The zero-order valence-electron chi connectivity index (χ0n) is 18.4. The number of aryl methyl sites for hydroxylation is 2. The zero-order chi connectivity index (χ0) is 23.4. The van der Waals surface area contributed by atoms with Crippen LogP contribution in [0.4, 0.5) is 11.4 Å². The first-order valence-corrected chi connectivity index (χ1v) is 11.5. The molecule has 1 fully saturated rings. The van der Waals surface area contributed by atoms with Crippen LogP contribution < -0.4 is 10.2 Å². The molecule has 3 aromatic carbocycles. The summed E-state index contributed by atoms with van der Waals surface area (Å²) in [5.74, 6) is -0.671. The molecule has 0 aliphatic carbocycles. The van der Waals surface area contributed by atoms with E-state index in [2.05, 4.69) is 5.32 Å². The van der Waals surface area contributed by atoms with Crippen LogP contribution in [0.15, 0.2) is 89.5 Å². The Kier molecular flexibility index (Phi) is 6.62. The Hall–Kier alpha value is -3.82. The van der Waals surface area contributed by atoms with E-state index >= 15 is 0 Å². The molecule has 0 bridgehead atoms. The second-order valence-corrected chi connectivity index (χ2v) is 9.05. The lowest BCUT2D eigenvalue weighted by molar-refractivity contribution is -0.117. The van der Waals surface area contributed by atoms with Gasteiger partial charge in [-0.05, 0) is 55.7 Å². The predicted molar refractivity (Wildman–Crippen MR) is 133 cm³/mol. The average Bonchev–Trinajstić information content (AvgIpc) is 3.12. The Labute approximate surface area is 197 Å². The van der Waals surface area contributed by atoms with Crippen molar-refractivity contribution >= 4 is 35.0 Å². The first-order valence-electron chi connectivity index (χ1n) is 10.6. The molecular formula is C27H23N3O2S. The normalized spacial score (nSPS) is 16.9. The van der Waals surface area contributed by atoms with E-state index in [1.807, 2.05) is 74.5 Å². The van der Waals surface area contributed by atoms with Gasteiger partial charge in [-0.15, -0.1) is 0 Å². The third kappa shape index (κ3) is 4.84. The number of rotatable bonds is 5. The summed E-state index contributed by atoms with van der Waals surface area (Å²) in [6.45, 7) is 3.98. The third-order valence-corrected chi connectivity index (χ3v) is 6.76. The molecule has 1 saturated heterocycles. The van der Waals surface area contributed by atoms with E-state index in [1.165, 1.54) is 16.7 Å². The number of nitriles is 1. The van der Waals surface area contributed by atoms with Crippen molar-refractivity contribution in [2.24, 2.45) is 0 Å². The zero-order valence-corrected chi connectivity index (χ0v) is 19.2. The van der Waals surface area contributed by atoms with E-state index in [0.29, 0.717) is 22.8 Å². The lowest BCUT2D eigenvalue weighted by atomic mass is 10.0. The predicted octanol–water partition coefficient (Wildman–Crippen LogP) is 5.37. The second-order valence-electron chi connectivity index (χ2n) is 7.86. The highest BCUT2D eigenvalue weighted by atomic mass is 32.2. The molecule has 1 N–H and O–H groups in total. The fraction of sp³-hybridized carbons (Fsp3) is 0.148. The number of benzene rings is 3. The van der Waals surface area contributed by atoms with Crippen LogP contribution in [-0.4, -0.2) is 17.1 Å². The van der Waals surface area contributed by atoms with Crippen molar-refractivity contribution in [2.75, 3.05) is 10.2 Å². The van der Waals surface area contributed by atoms with E-state index in [0.717, 1.165) is 16.7 Å². The van der Waals surface area contributed by atoms with Gasteiger partial charge in [0.25, 0.3) is 5.91 Å². The Morgan fingerprint density at radius 2 is 1.67 bits per heavy atom. The quantitative estimate of drug-likeness (QED) is 0.416. The number of para-hydroxylation sites is 1. The summed E-state index contributed by atoms with van der Waals surface area (Å²) < 4.78 is 0. The Morgan fingerprint density at radius 1 is 1.00 bits per heavy atom. The van der Waals surface area contributed by atoms with Crippen LogP contribution in [0, 0.1) is 25.2 Å². The molecular weight excluding hydrogens is 430 g/mol. The molecule has 0 saturated carbocycles. The van der Waals surface area contributed by atoms with Crippen LogP contribution in [0.1, 0.15) is 16.7 Å². The highest BCUT2D eigenvalue weighted by Gasteiger charge is 2.41. The Balaban J connectivity index is 1.74. The summed E-state index contributed by atoms with van der Waals surface area (Å²) in [6, 6.07) is 26.5. The molecule has 33 heavy (non-hydrogen) atoms. The van der Waals surface area contributed by atoms with Crippen LogP contribution in [0.2, 0.25) is 0 Å². The highest BCUT2D eigenvalue weighted by Crippen LogP contribution is 2.42. The summed E-state index contributed by atoms with van der Waals surface area (Å²) >= 11 is 1.27. The van der Waals surface area contributed by atoms with Gasteiger partial charge in [-0.2, -0.15) is 5.26 Å². The molecule has 1 aliphatic heterocycles. The molecule has 164 valence electrons. The number of thioether (sulfide) groups is 1. The Bertz CT molecular complexity index is 1260. The maximum Gasteiger partial charge on any atom is 0.269 e. The van der Waals surface area contributed by atoms with Crippen molar-refractivity contribution in [2.45, 2.75) is 25.5 Å². The highest BCUT2D eigenvalue weighted by molar-refractivity contribution is 8.05. The van der Waals surface area contributed by atoms with Gasteiger partial charge in [-0.3, -0.25) is 14.5 Å². The number of anilines is 2. The van der Waals surface area contributed by atoms with Gasteiger partial charge >= 0.3 is 0 Å². The average molecular weight is 454 g/mol. The minimum absolute atomic E-state index is 0.0786. The van der Waals surface area contributed by atoms with Gasteiger partial charge in [-0.1, -0.05) is 71.9 Å². The fourth-order valence-electron chi connectivity index (χ4n) is 3.67. The van der Waals surface area contributed by atoms with Gasteiger partial charge in [0.2, 0.25) is 5.91 Å². The van der Waals surface area contributed by atoms with Crippen molar-refractivity contribution in [3.8, 4) is 6.07 Å². The maximum atomic E-state index is 13.5. The molecule has 2 amide bonds. The van der Waals surface area contributed by atoms with Crippen molar-refractivity contribution < 1.29 is 9.59 Å². The van der Waals surface area contributed by atoms with Crippen molar-refractivity contribution in [3.63, 3.8) is 0 Å². The van der Waals surface area contributed by atoms with Crippen LogP contribution in [0.3, 0.4) is 0 Å². The molecule has 5 nitrogen and oxygen atoms in total. The van der Waals surface area contributed by atoms with Crippen molar-refractivity contribution in [3.05, 3.63) is 106 Å². The minimum atomic E-state index is -0.535. The largest absolute Gasteiger partial charge is 0.321 e. The number of hydrogen-bond donors (Lipinski definition) is 1. The van der Waals surface area contributed by atoms with E-state index in [1.54, 1.807) is 24.3 Å². The van der Waals surface area contributed by atoms with E-state index in [9.17, 15) is 14.9 Å². The first kappa shape index (κ1) is 22.4. The smallest absolute Gasteiger partial charge is 0.269 e. The van der Waals surface area contributed by atoms with Gasteiger partial charge in [0.15, 0.2) is 0 Å². The van der Waals surface area contributed by atoms with E-state index < -0.39 is 11.2 Å². The number of nitrogens with zero attached hydrogens (tertiary/aromatic N) is 2. The summed E-state index contributed by atoms with van der Waals surface area (Å²) in [6.07, 6.45) is 0.515. The van der Waals surface area contributed by atoms with Crippen LogP contribution >= 0.6 is 11.8 Å². The SMILES string of the molecule is Cc1ccc(N2C(=O)[C@@H](Cc3ccccc3C)S/C2=C(/C#N)C(=O)Nc2ccccc2)cc1. The fourth-order valence-corrected chi connectivity index (χ4v) is 4.97. The molecule has 1 aliphatic rings. The lowest BCUT2D eigenvalue weighted by Crippen LogP contribution is -2.31. The maximum absolute atomic E-state index is 13.5. The molecule has 1 atom stereocenters. The van der Waals surface area contributed by atoms with Gasteiger partial charge in [-0.25, -0.2) is 0 Å². The third-order valence-electron chi connectivity index (χ3n) is 5.50. The van der Waals surface area contributed by atoms with Gasteiger partial charge in [0.1, 0.15) is 16.7 Å². The van der Waals surface area contributed by atoms with Gasteiger partial charge < -0.3 is 5.32 Å². The standard InChI is InChI=1S/C27H23N3O2S/c1-18-12-14-22(15-13-18)30-26(32)24(16-20-9-7-6-8-19(20)2)33-27(30)23(17-28)25(31)29-21-10-4-3-5-11-21/h3-15,24H,16H2,1-2H3,(H,29,31)/b27-23-/t24-/m1/s1. The summed E-state index contributed by atoms with van der Waals surface area (Å²) in [4.78, 5) is 28.1. The summed E-state index contributed by atoms with van der Waals surface area (Å²) in [5, 5.41) is 12.6. The van der Waals surface area contributed by atoms with Crippen LogP contribution in [-0.2, 0) is 16.0 Å². The Morgan fingerprint density at radius 3 is 2.33 bits per heavy atom. The molecule has 0 aromatic heterocycles. The molecule has 0 spiro atoms. The molecule has 0 radical (unpaired) electrons. The number of carbonyl (C=O) groups excluding carboxylic acids is 2. The lowest BCUT2D eigenvalue weighted by Gasteiger charge is -2.19. The topological polar surface area (TPSA) is 73.2 Å². The molecule has 0 unspecified atom stereocenters. The minimum Gasteiger partial charge on any atom is -0.321 e. The number of nitrogens with one attached hydrogen (secondary N) is 1. The molecule has 4 rings (SSSR count). The summed E-state index contributed by atoms with van der Waals surface area (Å²) in [5.41, 5.74) is 4.38. The van der Waals surface area contributed by atoms with Gasteiger partial charge in [0, 0.05) is 11.4 Å².